The maximum Gasteiger partial charge on any atom is 0.253 e. The standard InChI is InChI=1S/C50H30B2O4S2/c1-3-15-33(16-4-1)53-35-23-43-49-47(25-35)57-45-28-46-40(27-39(45)51(49)37-19-29-11-7-9-13-31(29)21-41(37)55-43)52-38-20-30-12-8-10-14-32(30)22-42(38)56-44-24-36(26-48(58-46)50(44)52)54-34-17-5-2-6-18-34/h1-21,23-28,32H,22H2. The largest absolute Gasteiger partial charge is 0.463 e. The quantitative estimate of drug-likeness (QED) is 0.166. The highest BCUT2D eigenvalue weighted by atomic mass is 32.2. The van der Waals surface area contributed by atoms with Gasteiger partial charge >= 0.3 is 0 Å². The molecule has 0 saturated carbocycles. The molecule has 7 aromatic rings. The summed E-state index contributed by atoms with van der Waals surface area (Å²) in [4.78, 5) is 4.82. The van der Waals surface area contributed by atoms with Gasteiger partial charge in [0, 0.05) is 44.1 Å². The molecule has 0 aromatic heterocycles. The second-order valence-electron chi connectivity index (χ2n) is 15.5. The van der Waals surface area contributed by atoms with E-state index in [4.69, 9.17) is 18.9 Å². The monoisotopic (exact) mass is 780 g/mol. The summed E-state index contributed by atoms with van der Waals surface area (Å²) in [6.45, 7) is -0.00995. The third-order valence-electron chi connectivity index (χ3n) is 12.1. The van der Waals surface area contributed by atoms with Crippen LogP contribution in [-0.4, -0.2) is 13.4 Å². The van der Waals surface area contributed by atoms with E-state index >= 15 is 0 Å². The van der Waals surface area contributed by atoms with Crippen molar-refractivity contribution in [1.29, 1.82) is 0 Å². The third-order valence-corrected chi connectivity index (χ3v) is 14.3. The maximum atomic E-state index is 6.94. The fraction of sp³-hybridized carbons (Fsp3) is 0.0400. The second kappa shape index (κ2) is 12.6. The number of rotatable bonds is 4. The number of para-hydroxylation sites is 2. The molecule has 272 valence electrons. The third kappa shape index (κ3) is 5.14. The highest BCUT2D eigenvalue weighted by Gasteiger charge is 2.45. The molecule has 4 heterocycles. The molecular formula is C50H30B2O4S2. The van der Waals surface area contributed by atoms with Crippen LogP contribution in [0.3, 0.4) is 0 Å². The fourth-order valence-corrected chi connectivity index (χ4v) is 12.0. The van der Waals surface area contributed by atoms with Gasteiger partial charge in [-0.3, -0.25) is 0 Å². The van der Waals surface area contributed by atoms with E-state index in [1.54, 1.807) is 0 Å². The van der Waals surface area contributed by atoms with Crippen molar-refractivity contribution >= 4 is 75.0 Å². The van der Waals surface area contributed by atoms with Gasteiger partial charge in [-0.15, -0.1) is 0 Å². The van der Waals surface area contributed by atoms with Crippen molar-refractivity contribution < 1.29 is 18.9 Å². The Labute approximate surface area is 345 Å². The first-order valence-corrected chi connectivity index (χ1v) is 21.3. The summed E-state index contributed by atoms with van der Waals surface area (Å²) >= 11 is 3.63. The minimum atomic E-state index is -0.0213. The van der Waals surface area contributed by atoms with E-state index < -0.39 is 0 Å². The molecule has 2 aliphatic carbocycles. The Hall–Kier alpha value is -6.21. The minimum Gasteiger partial charge on any atom is -0.463 e. The van der Waals surface area contributed by atoms with Crippen molar-refractivity contribution in [3.8, 4) is 40.2 Å². The Balaban J connectivity index is 1.01. The van der Waals surface area contributed by atoms with Crippen molar-refractivity contribution in [2.45, 2.75) is 26.0 Å². The van der Waals surface area contributed by atoms with Gasteiger partial charge < -0.3 is 18.9 Å². The summed E-state index contributed by atoms with van der Waals surface area (Å²) in [7, 11) is 0. The Bertz CT molecular complexity index is 3060. The smallest absolute Gasteiger partial charge is 0.253 e. The van der Waals surface area contributed by atoms with Crippen molar-refractivity contribution in [3.05, 3.63) is 181 Å². The van der Waals surface area contributed by atoms with Crippen molar-refractivity contribution in [2.24, 2.45) is 5.92 Å². The molecule has 0 radical (unpaired) electrons. The topological polar surface area (TPSA) is 36.9 Å². The van der Waals surface area contributed by atoms with E-state index in [0.29, 0.717) is 5.92 Å². The highest BCUT2D eigenvalue weighted by molar-refractivity contribution is 8.01. The van der Waals surface area contributed by atoms with Crippen LogP contribution in [0.4, 0.5) is 0 Å². The van der Waals surface area contributed by atoms with Crippen molar-refractivity contribution in [1.82, 2.24) is 0 Å². The molecule has 4 nitrogen and oxygen atoms in total. The molecular weight excluding hydrogens is 750 g/mol. The summed E-state index contributed by atoms with van der Waals surface area (Å²) in [6, 6.07) is 46.6. The van der Waals surface area contributed by atoms with Gasteiger partial charge in [-0.25, -0.2) is 0 Å². The van der Waals surface area contributed by atoms with E-state index in [9.17, 15) is 0 Å². The molecule has 7 aromatic carbocycles. The zero-order valence-corrected chi connectivity index (χ0v) is 32.6. The number of fused-ring (bicyclic) bond motifs is 9. The fourth-order valence-electron chi connectivity index (χ4n) is 9.51. The molecule has 8 heteroatoms. The van der Waals surface area contributed by atoms with Crippen LogP contribution in [0.15, 0.2) is 200 Å². The van der Waals surface area contributed by atoms with Crippen LogP contribution in [-0.2, 0) is 0 Å². The molecule has 0 saturated heterocycles. The van der Waals surface area contributed by atoms with Gasteiger partial charge in [0.2, 0.25) is 0 Å². The molecule has 58 heavy (non-hydrogen) atoms. The van der Waals surface area contributed by atoms with Gasteiger partial charge in [-0.1, -0.05) is 138 Å². The van der Waals surface area contributed by atoms with Crippen LogP contribution in [0.2, 0.25) is 0 Å². The van der Waals surface area contributed by atoms with Crippen molar-refractivity contribution in [3.63, 3.8) is 0 Å². The number of hydrogen-bond donors (Lipinski definition) is 0. The normalized spacial score (nSPS) is 17.0. The zero-order valence-electron chi connectivity index (χ0n) is 31.0. The molecule has 13 rings (SSSR count). The SMILES string of the molecule is C1=CC2=CC3=C(CC2C=C1)Oc1cc(Oc2ccccc2)cc2c1B3c1cc3c(cc1S2)Sc1cc(Oc2ccccc2)cc2c1B3c1cc3ccccc3cc1O2. The molecule has 0 bridgehead atoms. The molecule has 0 N–H and O–H groups in total. The van der Waals surface area contributed by atoms with E-state index in [1.165, 1.54) is 53.5 Å². The summed E-state index contributed by atoms with van der Waals surface area (Å²) in [5.74, 6) is 7.08. The Morgan fingerprint density at radius 2 is 1.14 bits per heavy atom. The van der Waals surface area contributed by atoms with E-state index in [-0.39, 0.29) is 13.4 Å². The molecule has 1 unspecified atom stereocenters. The van der Waals surface area contributed by atoms with Gasteiger partial charge in [0.1, 0.15) is 46.0 Å². The van der Waals surface area contributed by atoms with Crippen molar-refractivity contribution in [2.75, 3.05) is 0 Å². The van der Waals surface area contributed by atoms with Gasteiger partial charge in [-0.2, -0.15) is 0 Å². The molecule has 6 aliphatic rings. The van der Waals surface area contributed by atoms with E-state index in [1.807, 2.05) is 84.2 Å². The molecule has 4 aliphatic heterocycles. The summed E-state index contributed by atoms with van der Waals surface area (Å²) in [5, 5.41) is 2.36. The Kier molecular flexibility index (Phi) is 7.16. The highest BCUT2D eigenvalue weighted by Crippen LogP contribution is 2.47. The average molecular weight is 781 g/mol. The van der Waals surface area contributed by atoms with Gasteiger partial charge in [-0.05, 0) is 86.7 Å². The second-order valence-corrected chi connectivity index (χ2v) is 17.7. The predicted octanol–water partition coefficient (Wildman–Crippen LogP) is 9.84. The first-order valence-electron chi connectivity index (χ1n) is 19.7. The molecule has 0 spiro atoms. The van der Waals surface area contributed by atoms with E-state index in [2.05, 4.69) is 103 Å². The predicted molar refractivity (Wildman–Crippen MR) is 236 cm³/mol. The lowest BCUT2D eigenvalue weighted by molar-refractivity contribution is 0.382. The van der Waals surface area contributed by atoms with Gasteiger partial charge in [0.25, 0.3) is 13.4 Å². The van der Waals surface area contributed by atoms with Crippen LogP contribution in [0.1, 0.15) is 6.42 Å². The zero-order chi connectivity index (χ0) is 37.9. The lowest BCUT2D eigenvalue weighted by atomic mass is 9.31. The average Bonchev–Trinajstić information content (AvgIpc) is 3.25. The Morgan fingerprint density at radius 3 is 1.84 bits per heavy atom. The summed E-state index contributed by atoms with van der Waals surface area (Å²) in [5.41, 5.74) is 8.81. The van der Waals surface area contributed by atoms with Crippen LogP contribution < -0.4 is 46.3 Å². The van der Waals surface area contributed by atoms with Crippen LogP contribution in [0, 0.1) is 5.92 Å². The number of hydrogen-bond acceptors (Lipinski definition) is 6. The first-order chi connectivity index (χ1) is 28.7. The Morgan fingerprint density at radius 1 is 0.517 bits per heavy atom. The van der Waals surface area contributed by atoms with Crippen LogP contribution in [0.25, 0.3) is 10.8 Å². The first kappa shape index (κ1) is 32.8. The van der Waals surface area contributed by atoms with Gasteiger partial charge in [0.15, 0.2) is 0 Å². The number of ether oxygens (including phenoxy) is 4. The summed E-state index contributed by atoms with van der Waals surface area (Å²) < 4.78 is 26.8. The number of benzene rings is 7. The molecule has 0 fully saturated rings. The summed E-state index contributed by atoms with van der Waals surface area (Å²) in [6.07, 6.45) is 12.1. The lowest BCUT2D eigenvalue weighted by Gasteiger charge is -2.39. The molecule has 1 atom stereocenters. The maximum absolute atomic E-state index is 6.94. The van der Waals surface area contributed by atoms with Gasteiger partial charge in [0.05, 0.1) is 0 Å². The van der Waals surface area contributed by atoms with Crippen LogP contribution in [0.5, 0.6) is 40.2 Å². The van der Waals surface area contributed by atoms with E-state index in [0.717, 1.165) is 67.6 Å². The molecule has 0 amide bonds. The number of allylic oxidation sites excluding steroid dienone is 8. The minimum absolute atomic E-state index is 0.0114. The lowest BCUT2D eigenvalue weighted by Crippen LogP contribution is -2.60. The van der Waals surface area contributed by atoms with Crippen LogP contribution >= 0.6 is 23.5 Å².